The number of carbonyl (C=O) groups is 1. The van der Waals surface area contributed by atoms with Crippen molar-refractivity contribution in [2.75, 3.05) is 45.2 Å². The summed E-state index contributed by atoms with van der Waals surface area (Å²) in [6.07, 6.45) is 1.74. The van der Waals surface area contributed by atoms with E-state index in [-0.39, 0.29) is 12.5 Å². The van der Waals surface area contributed by atoms with Gasteiger partial charge in [-0.3, -0.25) is 9.36 Å². The maximum absolute atomic E-state index is 12.8. The Balaban J connectivity index is 1.49. The number of aliphatic hydroxyl groups excluding tert-OH is 1. The number of fused-ring (bicyclic) bond motifs is 3. The van der Waals surface area contributed by atoms with Gasteiger partial charge in [0, 0.05) is 25.0 Å². The molecular formula is C23H28N6O4S. The van der Waals surface area contributed by atoms with E-state index in [9.17, 15) is 9.90 Å². The van der Waals surface area contributed by atoms with E-state index in [4.69, 9.17) is 14.5 Å². The quantitative estimate of drug-likeness (QED) is 0.522. The van der Waals surface area contributed by atoms with Crippen LogP contribution in [0.3, 0.4) is 0 Å². The molecule has 5 rings (SSSR count). The van der Waals surface area contributed by atoms with Crippen LogP contribution >= 0.6 is 11.3 Å². The van der Waals surface area contributed by atoms with Gasteiger partial charge in [0.2, 0.25) is 5.62 Å². The van der Waals surface area contributed by atoms with Gasteiger partial charge in [-0.2, -0.15) is 4.99 Å². The van der Waals surface area contributed by atoms with E-state index < -0.39 is 6.10 Å². The molecule has 2 N–H and O–H groups in total. The molecule has 0 radical (unpaired) electrons. The second-order valence-electron chi connectivity index (χ2n) is 8.49. The van der Waals surface area contributed by atoms with E-state index in [1.807, 2.05) is 16.7 Å². The number of thiazole rings is 1. The van der Waals surface area contributed by atoms with Crippen molar-refractivity contribution in [3.63, 3.8) is 0 Å². The normalized spacial score (nSPS) is 17.1. The van der Waals surface area contributed by atoms with Crippen molar-refractivity contribution in [3.05, 3.63) is 33.8 Å². The Kier molecular flexibility index (Phi) is 6.48. The molecule has 0 spiro atoms. The van der Waals surface area contributed by atoms with Gasteiger partial charge in [-0.1, -0.05) is 0 Å². The van der Waals surface area contributed by atoms with Gasteiger partial charge in [0.05, 0.1) is 18.3 Å². The van der Waals surface area contributed by atoms with Gasteiger partial charge in [-0.25, -0.2) is 9.97 Å². The summed E-state index contributed by atoms with van der Waals surface area (Å²) in [5.41, 5.74) is 3.13. The van der Waals surface area contributed by atoms with E-state index in [0.717, 1.165) is 24.3 Å². The molecule has 4 heterocycles. The van der Waals surface area contributed by atoms with Gasteiger partial charge in [-0.05, 0) is 45.0 Å². The van der Waals surface area contributed by atoms with Crippen molar-refractivity contribution in [3.8, 4) is 11.5 Å². The molecule has 3 aromatic rings. The van der Waals surface area contributed by atoms with Crippen molar-refractivity contribution in [2.45, 2.75) is 32.4 Å². The number of hydrogen-bond donors (Lipinski definition) is 2. The lowest BCUT2D eigenvalue weighted by atomic mass is 10.2. The van der Waals surface area contributed by atoms with E-state index in [1.165, 1.54) is 24.2 Å². The van der Waals surface area contributed by atoms with Crippen LogP contribution in [0.5, 0.6) is 11.5 Å². The van der Waals surface area contributed by atoms with Gasteiger partial charge in [0.1, 0.15) is 28.9 Å². The van der Waals surface area contributed by atoms with Gasteiger partial charge in [0.25, 0.3) is 5.91 Å². The third-order valence-electron chi connectivity index (χ3n) is 6.15. The van der Waals surface area contributed by atoms with Gasteiger partial charge < -0.3 is 24.8 Å². The number of likely N-dealkylation sites (tertiary alicyclic amines) is 1. The zero-order chi connectivity index (χ0) is 23.7. The number of rotatable bonds is 7. The standard InChI is InChI=1S/C23H28N6O4S/c1-14-20(34-13-25-14)22(31)27-23-26-18-16(21-24-7-10-29(21)23)5-6-17(19(18)32-2)33-12-15(30)11-28-8-3-4-9-28/h5-6,13,15,24,30H,3-4,7-12H2,1-2H3. The molecule has 10 nitrogen and oxygen atoms in total. The summed E-state index contributed by atoms with van der Waals surface area (Å²) >= 11 is 1.27. The van der Waals surface area contributed by atoms with Crippen LogP contribution in [0.15, 0.2) is 22.6 Å². The van der Waals surface area contributed by atoms with Gasteiger partial charge >= 0.3 is 0 Å². The van der Waals surface area contributed by atoms with Crippen molar-refractivity contribution in [2.24, 2.45) is 4.99 Å². The fraction of sp³-hybridized carbons (Fsp3) is 0.478. The van der Waals surface area contributed by atoms with Crippen molar-refractivity contribution in [1.82, 2.24) is 19.4 Å². The largest absolute Gasteiger partial charge is 0.491 e. The number of ether oxygens (including phenoxy) is 2. The molecule has 0 saturated carbocycles. The number of benzene rings is 1. The average Bonchev–Trinajstić information content (AvgIpc) is 3.59. The number of aromatic nitrogens is 3. The average molecular weight is 485 g/mol. The Bertz CT molecular complexity index is 1280. The van der Waals surface area contributed by atoms with Gasteiger partial charge in [-0.15, -0.1) is 11.3 Å². The molecule has 1 unspecified atom stereocenters. The fourth-order valence-corrected chi connectivity index (χ4v) is 5.18. The highest BCUT2D eigenvalue weighted by Crippen LogP contribution is 2.37. The lowest BCUT2D eigenvalue weighted by molar-refractivity contribution is 0.0748. The zero-order valence-corrected chi connectivity index (χ0v) is 20.1. The molecule has 1 fully saturated rings. The van der Waals surface area contributed by atoms with Crippen molar-refractivity contribution < 1.29 is 19.4 Å². The lowest BCUT2D eigenvalue weighted by Gasteiger charge is -2.20. The first-order chi connectivity index (χ1) is 16.5. The van der Waals surface area contributed by atoms with Crippen LogP contribution in [0, 0.1) is 6.92 Å². The molecule has 1 aromatic carbocycles. The van der Waals surface area contributed by atoms with Crippen LogP contribution < -0.4 is 20.4 Å². The summed E-state index contributed by atoms with van der Waals surface area (Å²) in [6.45, 7) is 5.91. The number of carbonyl (C=O) groups excluding carboxylic acids is 1. The Morgan fingerprint density at radius 1 is 1.32 bits per heavy atom. The summed E-state index contributed by atoms with van der Waals surface area (Å²) in [6, 6.07) is 3.74. The fourth-order valence-electron chi connectivity index (χ4n) is 4.50. The van der Waals surface area contributed by atoms with Crippen LogP contribution in [0.25, 0.3) is 10.9 Å². The molecular weight excluding hydrogens is 456 g/mol. The third kappa shape index (κ3) is 4.38. The first kappa shape index (κ1) is 22.8. The maximum Gasteiger partial charge on any atom is 0.292 e. The number of β-amino-alcohol motifs (C(OH)–C–C–N with tert-alkyl or cyclic N) is 1. The Morgan fingerprint density at radius 2 is 2.15 bits per heavy atom. The van der Waals surface area contributed by atoms with Crippen LogP contribution in [0.2, 0.25) is 0 Å². The summed E-state index contributed by atoms with van der Waals surface area (Å²) in [5.74, 6) is 1.39. The summed E-state index contributed by atoms with van der Waals surface area (Å²) in [4.78, 5) is 28.7. The molecule has 11 heteroatoms. The predicted molar refractivity (Wildman–Crippen MR) is 129 cm³/mol. The minimum absolute atomic E-state index is 0.149. The number of nitrogens with one attached hydrogen (secondary N) is 1. The van der Waals surface area contributed by atoms with E-state index >= 15 is 0 Å². The first-order valence-electron chi connectivity index (χ1n) is 11.4. The molecule has 34 heavy (non-hydrogen) atoms. The van der Waals surface area contributed by atoms with E-state index in [2.05, 4.69) is 20.2 Å². The maximum atomic E-state index is 12.8. The van der Waals surface area contributed by atoms with Crippen LogP contribution in [0.4, 0.5) is 5.82 Å². The highest BCUT2D eigenvalue weighted by Gasteiger charge is 2.22. The molecule has 0 bridgehead atoms. The molecule has 2 aliphatic rings. The van der Waals surface area contributed by atoms with Gasteiger partial charge in [0.15, 0.2) is 11.5 Å². The van der Waals surface area contributed by atoms with Crippen molar-refractivity contribution in [1.29, 1.82) is 0 Å². The number of methoxy groups -OCH3 is 1. The Morgan fingerprint density at radius 3 is 2.88 bits per heavy atom. The minimum Gasteiger partial charge on any atom is -0.491 e. The smallest absolute Gasteiger partial charge is 0.292 e. The molecule has 0 aliphatic carbocycles. The second-order valence-corrected chi connectivity index (χ2v) is 9.34. The van der Waals surface area contributed by atoms with Crippen LogP contribution in [-0.2, 0) is 6.54 Å². The number of amides is 1. The number of aryl methyl sites for hydroxylation is 1. The summed E-state index contributed by atoms with van der Waals surface area (Å²) in [7, 11) is 1.56. The van der Waals surface area contributed by atoms with E-state index in [1.54, 1.807) is 19.5 Å². The number of nitrogens with zero attached hydrogens (tertiary/aromatic N) is 5. The zero-order valence-electron chi connectivity index (χ0n) is 19.3. The predicted octanol–water partition coefficient (Wildman–Crippen LogP) is 1.81. The topological polar surface area (TPSA) is 114 Å². The first-order valence-corrected chi connectivity index (χ1v) is 12.3. The Labute approximate surface area is 200 Å². The Hall–Kier alpha value is -3.02. The molecule has 180 valence electrons. The summed E-state index contributed by atoms with van der Waals surface area (Å²) in [5, 5.41) is 14.6. The number of hydrogen-bond acceptors (Lipinski definition) is 9. The highest BCUT2D eigenvalue weighted by atomic mass is 32.1. The number of aliphatic hydroxyl groups is 1. The SMILES string of the molecule is COc1c(OCC(O)CN2CCCC2)ccc2c3n(c(=NC(=O)c4scnc4C)nc12)CCN3. The lowest BCUT2D eigenvalue weighted by Crippen LogP contribution is -2.33. The minimum atomic E-state index is -0.602. The molecule has 2 aliphatic heterocycles. The van der Waals surface area contributed by atoms with Crippen molar-refractivity contribution >= 4 is 34.0 Å². The molecule has 1 atom stereocenters. The second kappa shape index (κ2) is 9.69. The third-order valence-corrected chi connectivity index (χ3v) is 7.06. The van der Waals surface area contributed by atoms with Crippen LogP contribution in [-0.4, -0.2) is 76.4 Å². The monoisotopic (exact) mass is 484 g/mol. The molecule has 1 amide bonds. The molecule has 1 saturated heterocycles. The number of anilines is 1. The highest BCUT2D eigenvalue weighted by molar-refractivity contribution is 7.11. The van der Waals surface area contributed by atoms with E-state index in [0.29, 0.717) is 52.8 Å². The summed E-state index contributed by atoms with van der Waals surface area (Å²) < 4.78 is 13.5. The molecule has 2 aromatic heterocycles. The van der Waals surface area contributed by atoms with Crippen LogP contribution in [0.1, 0.15) is 28.2 Å².